The average molecular weight is 364 g/mol. The number of aromatic nitrogens is 3. The molecular formula is C18H26F2N6. The van der Waals surface area contributed by atoms with E-state index in [-0.39, 0.29) is 6.04 Å². The van der Waals surface area contributed by atoms with Gasteiger partial charge in [0.2, 0.25) is 0 Å². The van der Waals surface area contributed by atoms with E-state index in [1.54, 1.807) is 6.92 Å². The van der Waals surface area contributed by atoms with Gasteiger partial charge in [0.25, 0.3) is 0 Å². The molecule has 2 N–H and O–H groups in total. The summed E-state index contributed by atoms with van der Waals surface area (Å²) in [5.41, 5.74) is 0.380. The van der Waals surface area contributed by atoms with Crippen molar-refractivity contribution in [2.75, 3.05) is 6.54 Å². The van der Waals surface area contributed by atoms with E-state index in [9.17, 15) is 8.78 Å². The van der Waals surface area contributed by atoms with Crippen LogP contribution >= 0.6 is 0 Å². The van der Waals surface area contributed by atoms with E-state index in [4.69, 9.17) is 0 Å². The molecule has 1 heterocycles. The minimum absolute atomic E-state index is 0.345. The molecule has 0 spiro atoms. The first-order valence-corrected chi connectivity index (χ1v) is 8.77. The first kappa shape index (κ1) is 19.8. The van der Waals surface area contributed by atoms with E-state index in [1.807, 2.05) is 18.5 Å². The summed E-state index contributed by atoms with van der Waals surface area (Å²) in [6, 6.07) is 3.21. The van der Waals surface area contributed by atoms with Crippen LogP contribution in [0.3, 0.4) is 0 Å². The van der Waals surface area contributed by atoms with Crippen LogP contribution in [0.4, 0.5) is 8.78 Å². The molecule has 8 heteroatoms. The Morgan fingerprint density at radius 3 is 2.69 bits per heavy atom. The van der Waals surface area contributed by atoms with Gasteiger partial charge in [-0.05, 0) is 26.3 Å². The molecule has 0 saturated heterocycles. The second-order valence-electron chi connectivity index (χ2n) is 6.20. The number of rotatable bonds is 7. The number of guanidine groups is 1. The Labute approximate surface area is 152 Å². The van der Waals surface area contributed by atoms with Crippen LogP contribution in [0.5, 0.6) is 0 Å². The molecule has 0 radical (unpaired) electrons. The number of aliphatic imine (C=N–C) groups is 1. The Balaban J connectivity index is 2.12. The fraction of sp³-hybridized carbons (Fsp3) is 0.500. The predicted octanol–water partition coefficient (Wildman–Crippen LogP) is 3.00. The van der Waals surface area contributed by atoms with Gasteiger partial charge in [0.15, 0.2) is 11.8 Å². The van der Waals surface area contributed by atoms with Gasteiger partial charge in [0, 0.05) is 25.2 Å². The Bertz CT molecular complexity index is 756. The summed E-state index contributed by atoms with van der Waals surface area (Å²) < 4.78 is 29.0. The van der Waals surface area contributed by atoms with Crippen molar-refractivity contribution in [3.63, 3.8) is 0 Å². The monoisotopic (exact) mass is 364 g/mol. The Kier molecular flexibility index (Phi) is 7.06. The Hall–Kier alpha value is -2.51. The van der Waals surface area contributed by atoms with Gasteiger partial charge in [-0.1, -0.05) is 19.4 Å². The molecule has 0 amide bonds. The van der Waals surface area contributed by atoms with E-state index in [2.05, 4.69) is 32.7 Å². The third kappa shape index (κ3) is 5.24. The van der Waals surface area contributed by atoms with E-state index < -0.39 is 11.6 Å². The van der Waals surface area contributed by atoms with Crippen molar-refractivity contribution in [1.82, 2.24) is 25.4 Å². The summed E-state index contributed by atoms with van der Waals surface area (Å²) in [5, 5.41) is 14.5. The number of aryl methyl sites for hydroxylation is 1. The molecule has 0 bridgehead atoms. The molecule has 0 saturated carbocycles. The molecule has 26 heavy (non-hydrogen) atoms. The molecule has 1 unspecified atom stereocenters. The van der Waals surface area contributed by atoms with Crippen molar-refractivity contribution >= 4 is 5.96 Å². The second-order valence-corrected chi connectivity index (χ2v) is 6.20. The van der Waals surface area contributed by atoms with E-state index in [0.29, 0.717) is 18.1 Å². The van der Waals surface area contributed by atoms with Gasteiger partial charge in [-0.15, -0.1) is 10.2 Å². The fourth-order valence-corrected chi connectivity index (χ4v) is 2.41. The maximum Gasteiger partial charge on any atom is 0.192 e. The quantitative estimate of drug-likeness (QED) is 0.450. The first-order chi connectivity index (χ1) is 12.4. The number of halogens is 2. The minimum atomic E-state index is -0.592. The molecule has 6 nitrogen and oxygen atoms in total. The highest BCUT2D eigenvalue weighted by Crippen LogP contribution is 2.17. The topological polar surface area (TPSA) is 67.1 Å². The molecule has 2 rings (SSSR count). The van der Waals surface area contributed by atoms with Gasteiger partial charge in [0.05, 0.1) is 6.04 Å². The molecule has 1 atom stereocenters. The van der Waals surface area contributed by atoms with Gasteiger partial charge in [-0.3, -0.25) is 0 Å². The summed E-state index contributed by atoms with van der Waals surface area (Å²) >= 11 is 0. The zero-order chi connectivity index (χ0) is 19.1. The van der Waals surface area contributed by atoms with Gasteiger partial charge in [0.1, 0.15) is 24.0 Å². The third-order valence-corrected chi connectivity index (χ3v) is 4.17. The molecule has 0 aliphatic heterocycles. The van der Waals surface area contributed by atoms with Gasteiger partial charge in [-0.25, -0.2) is 13.8 Å². The molecule has 142 valence electrons. The standard InChI is InChI=1S/C18H26F2N6/c1-5-6-9-21-18(22-11-17-25-24-13(3)26(17)4)23-12(2)15-8-7-14(19)10-16(15)20/h7-8,10,12H,5-6,9,11H2,1-4H3,(H2,21,22,23). The van der Waals surface area contributed by atoms with E-state index in [1.165, 1.54) is 12.1 Å². The van der Waals surface area contributed by atoms with E-state index in [0.717, 1.165) is 37.1 Å². The highest BCUT2D eigenvalue weighted by molar-refractivity contribution is 5.80. The highest BCUT2D eigenvalue weighted by Gasteiger charge is 2.14. The Morgan fingerprint density at radius 2 is 2.08 bits per heavy atom. The van der Waals surface area contributed by atoms with Crippen molar-refractivity contribution in [3.8, 4) is 0 Å². The van der Waals surface area contributed by atoms with E-state index >= 15 is 0 Å². The molecule has 0 aliphatic rings. The van der Waals surface area contributed by atoms with Crippen LogP contribution in [0.15, 0.2) is 23.2 Å². The number of hydrogen-bond acceptors (Lipinski definition) is 3. The highest BCUT2D eigenvalue weighted by atomic mass is 19.1. The maximum absolute atomic E-state index is 14.0. The van der Waals surface area contributed by atoms with Crippen molar-refractivity contribution < 1.29 is 8.78 Å². The minimum Gasteiger partial charge on any atom is -0.356 e. The molecule has 1 aromatic heterocycles. The predicted molar refractivity (Wildman–Crippen MR) is 97.7 cm³/mol. The van der Waals surface area contributed by atoms with Crippen LogP contribution in [-0.4, -0.2) is 27.3 Å². The number of nitrogens with one attached hydrogen (secondary N) is 2. The lowest BCUT2D eigenvalue weighted by atomic mass is 10.1. The SMILES string of the molecule is CCCCNC(=NCc1nnc(C)n1C)NC(C)c1ccc(F)cc1F. The first-order valence-electron chi connectivity index (χ1n) is 8.77. The van der Waals surface area contributed by atoms with Crippen LogP contribution in [0.1, 0.15) is 49.9 Å². The number of benzene rings is 1. The summed E-state index contributed by atoms with van der Waals surface area (Å²) in [5.74, 6) is 0.924. The number of nitrogens with zero attached hydrogens (tertiary/aromatic N) is 4. The van der Waals surface area contributed by atoms with Gasteiger partial charge < -0.3 is 15.2 Å². The summed E-state index contributed by atoms with van der Waals surface area (Å²) in [6.45, 7) is 6.87. The lowest BCUT2D eigenvalue weighted by molar-refractivity contribution is 0.550. The zero-order valence-electron chi connectivity index (χ0n) is 15.7. The van der Waals surface area contributed by atoms with Crippen molar-refractivity contribution in [2.24, 2.45) is 12.0 Å². The molecule has 0 aliphatic carbocycles. The van der Waals surface area contributed by atoms with Crippen molar-refractivity contribution in [2.45, 2.75) is 46.2 Å². The number of hydrogen-bond donors (Lipinski definition) is 2. The fourth-order valence-electron chi connectivity index (χ4n) is 2.41. The largest absolute Gasteiger partial charge is 0.356 e. The molecule has 1 aromatic carbocycles. The summed E-state index contributed by atoms with van der Waals surface area (Å²) in [4.78, 5) is 4.53. The van der Waals surface area contributed by atoms with Crippen LogP contribution in [0.2, 0.25) is 0 Å². The van der Waals surface area contributed by atoms with Crippen molar-refractivity contribution in [3.05, 3.63) is 47.0 Å². The zero-order valence-corrected chi connectivity index (χ0v) is 15.7. The number of unbranched alkanes of at least 4 members (excludes halogenated alkanes) is 1. The van der Waals surface area contributed by atoms with Gasteiger partial charge in [-0.2, -0.15) is 0 Å². The smallest absolute Gasteiger partial charge is 0.192 e. The molecule has 0 fully saturated rings. The average Bonchev–Trinajstić information content (AvgIpc) is 2.91. The van der Waals surface area contributed by atoms with Crippen LogP contribution in [-0.2, 0) is 13.6 Å². The van der Waals surface area contributed by atoms with Crippen molar-refractivity contribution in [1.29, 1.82) is 0 Å². The second kappa shape index (κ2) is 9.26. The summed E-state index contributed by atoms with van der Waals surface area (Å²) in [6.07, 6.45) is 2.04. The molecule has 2 aromatic rings. The van der Waals surface area contributed by atoms with Crippen LogP contribution in [0, 0.1) is 18.6 Å². The maximum atomic E-state index is 14.0. The van der Waals surface area contributed by atoms with Crippen LogP contribution < -0.4 is 10.6 Å². The summed E-state index contributed by atoms with van der Waals surface area (Å²) in [7, 11) is 1.88. The lowest BCUT2D eigenvalue weighted by Crippen LogP contribution is -2.39. The van der Waals surface area contributed by atoms with Crippen LogP contribution in [0.25, 0.3) is 0 Å². The normalized spacial score (nSPS) is 12.9. The lowest BCUT2D eigenvalue weighted by Gasteiger charge is -2.19. The Morgan fingerprint density at radius 1 is 1.31 bits per heavy atom. The molecular weight excluding hydrogens is 338 g/mol. The third-order valence-electron chi connectivity index (χ3n) is 4.17. The van der Waals surface area contributed by atoms with Gasteiger partial charge >= 0.3 is 0 Å².